The Kier molecular flexibility index (Phi) is 4.79. The maximum absolute atomic E-state index is 5.95. The minimum Gasteiger partial charge on any atom is -0.399 e. The lowest BCUT2D eigenvalue weighted by molar-refractivity contribution is 0.366. The molecule has 0 bridgehead atoms. The molecule has 0 fully saturated rings. The monoisotopic (exact) mass is 294 g/mol. The number of rotatable bonds is 5. The zero-order valence-electron chi connectivity index (χ0n) is 13.4. The fraction of sp³-hybridized carbons (Fsp3) is 0.400. The molecule has 2 heteroatoms. The van der Waals surface area contributed by atoms with Crippen LogP contribution in [0.3, 0.4) is 0 Å². The Hall–Kier alpha value is -1.80. The minimum atomic E-state index is 0.619. The molecule has 2 aromatic rings. The summed E-state index contributed by atoms with van der Waals surface area (Å²) in [5.74, 6) is 1.27. The van der Waals surface area contributed by atoms with Crippen LogP contribution in [-0.2, 0) is 12.8 Å². The molecular formula is C20H26N2. The third kappa shape index (κ3) is 3.33. The zero-order valence-corrected chi connectivity index (χ0v) is 13.4. The molecule has 22 heavy (non-hydrogen) atoms. The summed E-state index contributed by atoms with van der Waals surface area (Å²) in [5, 5.41) is 3.40. The Bertz CT molecular complexity index is 621. The topological polar surface area (TPSA) is 38.0 Å². The normalized spacial score (nSPS) is 18.7. The summed E-state index contributed by atoms with van der Waals surface area (Å²) in [7, 11) is 2.06. The van der Waals surface area contributed by atoms with Crippen molar-refractivity contribution in [2.24, 2.45) is 5.92 Å². The van der Waals surface area contributed by atoms with Crippen LogP contribution < -0.4 is 11.1 Å². The number of nitrogens with two attached hydrogens (primary N) is 1. The predicted octanol–water partition coefficient (Wildman–Crippen LogP) is 3.77. The largest absolute Gasteiger partial charge is 0.399 e. The summed E-state index contributed by atoms with van der Waals surface area (Å²) >= 11 is 0. The molecule has 3 N–H and O–H groups in total. The number of nitrogen functional groups attached to an aromatic ring is 1. The molecule has 0 aliphatic heterocycles. The van der Waals surface area contributed by atoms with Gasteiger partial charge in [0, 0.05) is 5.69 Å². The molecule has 0 saturated heterocycles. The van der Waals surface area contributed by atoms with E-state index < -0.39 is 0 Å². The molecule has 116 valence electrons. The van der Waals surface area contributed by atoms with Crippen LogP contribution in [0, 0.1) is 5.92 Å². The van der Waals surface area contributed by atoms with E-state index in [9.17, 15) is 0 Å². The highest BCUT2D eigenvalue weighted by molar-refractivity contribution is 5.41. The summed E-state index contributed by atoms with van der Waals surface area (Å²) in [6, 6.07) is 17.4. The summed E-state index contributed by atoms with van der Waals surface area (Å²) in [6.45, 7) is 1.05. The van der Waals surface area contributed by atoms with Gasteiger partial charge in [0.15, 0.2) is 0 Å². The second kappa shape index (κ2) is 6.97. The van der Waals surface area contributed by atoms with Crippen molar-refractivity contribution in [1.82, 2.24) is 5.32 Å². The number of fused-ring (bicyclic) bond motifs is 1. The summed E-state index contributed by atoms with van der Waals surface area (Å²) < 4.78 is 0. The average molecular weight is 294 g/mol. The molecule has 0 heterocycles. The molecule has 0 spiro atoms. The fourth-order valence-electron chi connectivity index (χ4n) is 3.92. The maximum Gasteiger partial charge on any atom is 0.0316 e. The maximum atomic E-state index is 5.95. The quantitative estimate of drug-likeness (QED) is 0.824. The van der Waals surface area contributed by atoms with Crippen molar-refractivity contribution in [2.75, 3.05) is 19.3 Å². The van der Waals surface area contributed by atoms with Gasteiger partial charge in [-0.3, -0.25) is 0 Å². The Morgan fingerprint density at radius 1 is 1.18 bits per heavy atom. The highest BCUT2D eigenvalue weighted by atomic mass is 14.8. The van der Waals surface area contributed by atoms with Gasteiger partial charge in [-0.2, -0.15) is 0 Å². The first-order valence-corrected chi connectivity index (χ1v) is 8.34. The number of aryl methyl sites for hydroxylation is 1. The van der Waals surface area contributed by atoms with E-state index in [1.165, 1.54) is 24.8 Å². The van der Waals surface area contributed by atoms with E-state index in [-0.39, 0.29) is 0 Å². The van der Waals surface area contributed by atoms with Crippen molar-refractivity contribution in [3.63, 3.8) is 0 Å². The van der Waals surface area contributed by atoms with Crippen LogP contribution >= 0.6 is 0 Å². The molecule has 0 amide bonds. The van der Waals surface area contributed by atoms with E-state index in [1.54, 1.807) is 11.1 Å². The molecule has 3 rings (SSSR count). The van der Waals surface area contributed by atoms with Crippen molar-refractivity contribution in [2.45, 2.75) is 31.6 Å². The summed E-state index contributed by atoms with van der Waals surface area (Å²) in [5.41, 5.74) is 11.3. The van der Waals surface area contributed by atoms with Crippen molar-refractivity contribution < 1.29 is 0 Å². The van der Waals surface area contributed by atoms with Gasteiger partial charge >= 0.3 is 0 Å². The first-order chi connectivity index (χ1) is 10.8. The molecule has 0 aromatic heterocycles. The molecule has 1 aliphatic carbocycles. The van der Waals surface area contributed by atoms with Crippen LogP contribution in [0.15, 0.2) is 48.5 Å². The molecule has 2 atom stereocenters. The second-order valence-corrected chi connectivity index (χ2v) is 6.46. The van der Waals surface area contributed by atoms with E-state index in [4.69, 9.17) is 5.73 Å². The average Bonchev–Trinajstić information content (AvgIpc) is 2.54. The van der Waals surface area contributed by atoms with Crippen molar-refractivity contribution >= 4 is 5.69 Å². The van der Waals surface area contributed by atoms with Gasteiger partial charge in [0.25, 0.3) is 0 Å². The van der Waals surface area contributed by atoms with Crippen molar-refractivity contribution in [3.05, 3.63) is 65.2 Å². The van der Waals surface area contributed by atoms with E-state index >= 15 is 0 Å². The standard InChI is InChI=1S/C20H26N2/c1-22-14-17(12-15-6-4-9-18(21)13-15)20-11-5-8-16-7-2-3-10-19(16)20/h2-4,6-7,9-10,13,17,20,22H,5,8,11-12,14,21H2,1H3. The smallest absolute Gasteiger partial charge is 0.0316 e. The van der Waals surface area contributed by atoms with E-state index in [2.05, 4.69) is 54.8 Å². The van der Waals surface area contributed by atoms with Gasteiger partial charge in [-0.15, -0.1) is 0 Å². The van der Waals surface area contributed by atoms with Gasteiger partial charge in [-0.1, -0.05) is 36.4 Å². The minimum absolute atomic E-state index is 0.619. The van der Waals surface area contributed by atoms with Crippen LogP contribution in [0.1, 0.15) is 35.4 Å². The molecular weight excluding hydrogens is 268 g/mol. The SMILES string of the molecule is CNCC(Cc1cccc(N)c1)C1CCCc2ccccc21. The number of anilines is 1. The van der Waals surface area contributed by atoms with Gasteiger partial charge in [-0.25, -0.2) is 0 Å². The van der Waals surface area contributed by atoms with Gasteiger partial charge in [0.1, 0.15) is 0 Å². The number of nitrogens with one attached hydrogen (secondary N) is 1. The number of benzene rings is 2. The van der Waals surface area contributed by atoms with Gasteiger partial charge in [0.2, 0.25) is 0 Å². The lowest BCUT2D eigenvalue weighted by atomic mass is 9.73. The molecule has 0 saturated carbocycles. The van der Waals surface area contributed by atoms with E-state index in [0.717, 1.165) is 18.7 Å². The zero-order chi connectivity index (χ0) is 15.4. The molecule has 1 aliphatic rings. The van der Waals surface area contributed by atoms with Gasteiger partial charge in [-0.05, 0) is 79.9 Å². The predicted molar refractivity (Wildman–Crippen MR) is 94.1 cm³/mol. The molecule has 2 nitrogen and oxygen atoms in total. The van der Waals surface area contributed by atoms with Crippen LogP contribution in [0.25, 0.3) is 0 Å². The van der Waals surface area contributed by atoms with Crippen molar-refractivity contribution in [1.29, 1.82) is 0 Å². The summed E-state index contributed by atoms with van der Waals surface area (Å²) in [4.78, 5) is 0. The van der Waals surface area contributed by atoms with Gasteiger partial charge in [0.05, 0.1) is 0 Å². The van der Waals surface area contributed by atoms with E-state index in [0.29, 0.717) is 11.8 Å². The molecule has 0 radical (unpaired) electrons. The first-order valence-electron chi connectivity index (χ1n) is 8.34. The molecule has 2 unspecified atom stereocenters. The van der Waals surface area contributed by atoms with Gasteiger partial charge < -0.3 is 11.1 Å². The Labute approximate surface area is 133 Å². The van der Waals surface area contributed by atoms with Crippen LogP contribution in [0.4, 0.5) is 5.69 Å². The van der Waals surface area contributed by atoms with E-state index in [1.807, 2.05) is 6.07 Å². The second-order valence-electron chi connectivity index (χ2n) is 6.46. The Morgan fingerprint density at radius 3 is 2.86 bits per heavy atom. The van der Waals surface area contributed by atoms with Crippen LogP contribution in [-0.4, -0.2) is 13.6 Å². The van der Waals surface area contributed by atoms with Crippen LogP contribution in [0.2, 0.25) is 0 Å². The fourth-order valence-corrected chi connectivity index (χ4v) is 3.92. The van der Waals surface area contributed by atoms with Crippen LogP contribution in [0.5, 0.6) is 0 Å². The molecule has 2 aromatic carbocycles. The number of hydrogen-bond acceptors (Lipinski definition) is 2. The lowest BCUT2D eigenvalue weighted by Gasteiger charge is -2.32. The highest BCUT2D eigenvalue weighted by Crippen LogP contribution is 2.38. The van der Waals surface area contributed by atoms with Crippen molar-refractivity contribution in [3.8, 4) is 0 Å². The Morgan fingerprint density at radius 2 is 2.05 bits per heavy atom. The third-order valence-corrected chi connectivity index (χ3v) is 4.90. The third-order valence-electron chi connectivity index (χ3n) is 4.90. The highest BCUT2D eigenvalue weighted by Gasteiger charge is 2.27. The number of hydrogen-bond donors (Lipinski definition) is 2. The summed E-state index contributed by atoms with van der Waals surface area (Å²) in [6.07, 6.45) is 4.92. The lowest BCUT2D eigenvalue weighted by Crippen LogP contribution is -2.29. The Balaban J connectivity index is 1.85. The first kappa shape index (κ1) is 15.1.